The summed E-state index contributed by atoms with van der Waals surface area (Å²) >= 11 is 0. The van der Waals surface area contributed by atoms with Gasteiger partial charge in [-0.15, -0.1) is 0 Å². The van der Waals surface area contributed by atoms with Crippen LogP contribution in [0.3, 0.4) is 0 Å². The zero-order valence-corrected chi connectivity index (χ0v) is 10.3. The van der Waals surface area contributed by atoms with Crippen LogP contribution in [0.15, 0.2) is 47.7 Å². The fourth-order valence-electron chi connectivity index (χ4n) is 1.39. The first-order chi connectivity index (χ1) is 9.15. The summed E-state index contributed by atoms with van der Waals surface area (Å²) in [6.07, 6.45) is 2.84. The summed E-state index contributed by atoms with van der Waals surface area (Å²) in [5.74, 6) is 0.453. The van der Waals surface area contributed by atoms with Gasteiger partial charge in [0.1, 0.15) is 12.0 Å². The predicted molar refractivity (Wildman–Crippen MR) is 73.3 cm³/mol. The van der Waals surface area contributed by atoms with Gasteiger partial charge in [0, 0.05) is 6.07 Å². The molecule has 0 aliphatic rings. The van der Waals surface area contributed by atoms with E-state index in [1.54, 1.807) is 6.21 Å². The van der Waals surface area contributed by atoms with Crippen LogP contribution in [0.1, 0.15) is 11.1 Å². The Kier molecular flexibility index (Phi) is 3.82. The maximum Gasteiger partial charge on any atom is 0.287 e. The summed E-state index contributed by atoms with van der Waals surface area (Å²) in [6, 6.07) is 10.8. The number of nitrogens with one attached hydrogen (secondary N) is 1. The molecule has 0 bridgehead atoms. The average Bonchev–Trinajstić information content (AvgIpc) is 2.41. The lowest BCUT2D eigenvalue weighted by Crippen LogP contribution is -1.95. The Morgan fingerprint density at radius 1 is 1.26 bits per heavy atom. The van der Waals surface area contributed by atoms with Crippen LogP contribution in [0, 0.1) is 17.0 Å². The maximum absolute atomic E-state index is 10.5. The third-order valence-electron chi connectivity index (χ3n) is 2.43. The van der Waals surface area contributed by atoms with E-state index >= 15 is 0 Å². The topological polar surface area (TPSA) is 80.4 Å². The summed E-state index contributed by atoms with van der Waals surface area (Å²) in [6.45, 7) is 2.01. The SMILES string of the molecule is Cc1ccc(/C=N/Nc2ccc([N+](=O)[O-])cn2)cc1. The molecule has 2 rings (SSSR count). The summed E-state index contributed by atoms with van der Waals surface area (Å²) in [5.41, 5.74) is 4.80. The first-order valence-corrected chi connectivity index (χ1v) is 5.61. The maximum atomic E-state index is 10.5. The number of hydrogen-bond acceptors (Lipinski definition) is 5. The van der Waals surface area contributed by atoms with E-state index in [0.29, 0.717) is 5.82 Å². The van der Waals surface area contributed by atoms with E-state index in [-0.39, 0.29) is 5.69 Å². The second-order valence-corrected chi connectivity index (χ2v) is 3.94. The number of rotatable bonds is 4. The molecule has 0 aliphatic carbocycles. The molecule has 0 saturated heterocycles. The lowest BCUT2D eigenvalue weighted by Gasteiger charge is -1.98. The minimum atomic E-state index is -0.494. The van der Waals surface area contributed by atoms with Gasteiger partial charge in [-0.1, -0.05) is 29.8 Å². The van der Waals surface area contributed by atoms with Crippen LogP contribution in [0.5, 0.6) is 0 Å². The fraction of sp³-hybridized carbons (Fsp3) is 0.0769. The molecule has 0 saturated carbocycles. The third-order valence-corrected chi connectivity index (χ3v) is 2.43. The first kappa shape index (κ1) is 12.7. The van der Waals surface area contributed by atoms with Crippen LogP contribution < -0.4 is 5.43 Å². The molecule has 0 spiro atoms. The Morgan fingerprint density at radius 2 is 2.00 bits per heavy atom. The second-order valence-electron chi connectivity index (χ2n) is 3.94. The Morgan fingerprint density at radius 3 is 2.58 bits per heavy atom. The molecule has 6 heteroatoms. The highest BCUT2D eigenvalue weighted by Crippen LogP contribution is 2.11. The van der Waals surface area contributed by atoms with Crippen LogP contribution in [0.4, 0.5) is 11.5 Å². The third kappa shape index (κ3) is 3.60. The highest BCUT2D eigenvalue weighted by Gasteiger charge is 2.04. The van der Waals surface area contributed by atoms with Gasteiger partial charge < -0.3 is 0 Å². The minimum Gasteiger partial charge on any atom is -0.261 e. The molecular formula is C13H12N4O2. The van der Waals surface area contributed by atoms with Gasteiger partial charge in [0.15, 0.2) is 0 Å². The lowest BCUT2D eigenvalue weighted by atomic mass is 10.2. The number of aryl methyl sites for hydroxylation is 1. The van der Waals surface area contributed by atoms with E-state index in [4.69, 9.17) is 0 Å². The summed E-state index contributed by atoms with van der Waals surface area (Å²) in [5, 5.41) is 14.5. The second kappa shape index (κ2) is 5.72. The van der Waals surface area contributed by atoms with Gasteiger partial charge >= 0.3 is 0 Å². The van der Waals surface area contributed by atoms with Crippen LogP contribution in [0.25, 0.3) is 0 Å². The quantitative estimate of drug-likeness (QED) is 0.518. The van der Waals surface area contributed by atoms with Gasteiger partial charge in [-0.25, -0.2) is 4.98 Å². The molecule has 1 aromatic heterocycles. The molecule has 96 valence electrons. The molecule has 0 atom stereocenters. The highest BCUT2D eigenvalue weighted by atomic mass is 16.6. The monoisotopic (exact) mass is 256 g/mol. The Bertz CT molecular complexity index is 591. The van der Waals surface area contributed by atoms with Gasteiger partial charge in [-0.2, -0.15) is 5.10 Å². The number of nitrogens with zero attached hydrogens (tertiary/aromatic N) is 3. The molecule has 0 radical (unpaired) electrons. The van der Waals surface area contributed by atoms with Gasteiger partial charge in [-0.3, -0.25) is 15.5 Å². The molecule has 0 amide bonds. The number of anilines is 1. The standard InChI is InChI=1S/C13H12N4O2/c1-10-2-4-11(5-3-10)8-15-16-13-7-6-12(9-14-13)17(18)19/h2-9H,1H3,(H,14,16)/b15-8+. The van der Waals surface area contributed by atoms with Crippen LogP contribution in [-0.2, 0) is 0 Å². The van der Waals surface area contributed by atoms with Crippen molar-refractivity contribution in [2.45, 2.75) is 6.92 Å². The Labute approximate surface area is 110 Å². The predicted octanol–water partition coefficient (Wildman–Crippen LogP) is 2.74. The van der Waals surface area contributed by atoms with Crippen molar-refractivity contribution in [1.29, 1.82) is 0 Å². The van der Waals surface area contributed by atoms with Crippen molar-refractivity contribution >= 4 is 17.7 Å². The largest absolute Gasteiger partial charge is 0.287 e. The van der Waals surface area contributed by atoms with Gasteiger partial charge in [-0.05, 0) is 18.6 Å². The minimum absolute atomic E-state index is 0.0481. The average molecular weight is 256 g/mol. The zero-order valence-electron chi connectivity index (χ0n) is 10.3. The van der Waals surface area contributed by atoms with Crippen molar-refractivity contribution in [3.63, 3.8) is 0 Å². The Balaban J connectivity index is 1.98. The van der Waals surface area contributed by atoms with E-state index in [0.717, 1.165) is 5.56 Å². The molecule has 1 N–H and O–H groups in total. The molecule has 2 aromatic rings. The van der Waals surface area contributed by atoms with E-state index < -0.39 is 4.92 Å². The van der Waals surface area contributed by atoms with Crippen LogP contribution in [-0.4, -0.2) is 16.1 Å². The summed E-state index contributed by atoms with van der Waals surface area (Å²) < 4.78 is 0. The molecule has 19 heavy (non-hydrogen) atoms. The van der Waals surface area contributed by atoms with Crippen molar-refractivity contribution in [3.05, 3.63) is 63.8 Å². The number of hydrazone groups is 1. The summed E-state index contributed by atoms with van der Waals surface area (Å²) in [4.78, 5) is 13.8. The molecule has 1 heterocycles. The van der Waals surface area contributed by atoms with Crippen molar-refractivity contribution in [3.8, 4) is 0 Å². The highest BCUT2D eigenvalue weighted by molar-refractivity contribution is 5.80. The van der Waals surface area contributed by atoms with Crippen LogP contribution in [0.2, 0.25) is 0 Å². The number of hydrogen-bond donors (Lipinski definition) is 1. The Hall–Kier alpha value is -2.76. The molecule has 1 aromatic carbocycles. The normalized spacial score (nSPS) is 10.6. The van der Waals surface area contributed by atoms with Gasteiger partial charge in [0.05, 0.1) is 11.1 Å². The number of aromatic nitrogens is 1. The molecule has 0 aliphatic heterocycles. The van der Waals surface area contributed by atoms with E-state index in [1.165, 1.54) is 23.9 Å². The lowest BCUT2D eigenvalue weighted by molar-refractivity contribution is -0.385. The van der Waals surface area contributed by atoms with E-state index in [1.807, 2.05) is 31.2 Å². The van der Waals surface area contributed by atoms with Crippen molar-refractivity contribution in [2.75, 3.05) is 5.43 Å². The smallest absolute Gasteiger partial charge is 0.261 e. The van der Waals surface area contributed by atoms with E-state index in [9.17, 15) is 10.1 Å². The van der Waals surface area contributed by atoms with Gasteiger partial charge in [0.25, 0.3) is 5.69 Å². The molecule has 0 fully saturated rings. The van der Waals surface area contributed by atoms with E-state index in [2.05, 4.69) is 15.5 Å². The van der Waals surface area contributed by atoms with Gasteiger partial charge in [0.2, 0.25) is 0 Å². The number of pyridine rings is 1. The molecular weight excluding hydrogens is 244 g/mol. The number of benzene rings is 1. The molecule has 6 nitrogen and oxygen atoms in total. The molecule has 0 unspecified atom stereocenters. The van der Waals surface area contributed by atoms with Crippen molar-refractivity contribution in [2.24, 2.45) is 5.10 Å². The number of nitro groups is 1. The van der Waals surface area contributed by atoms with Crippen LogP contribution >= 0.6 is 0 Å². The zero-order chi connectivity index (χ0) is 13.7. The first-order valence-electron chi connectivity index (χ1n) is 5.61. The van der Waals surface area contributed by atoms with Crippen molar-refractivity contribution in [1.82, 2.24) is 4.98 Å². The summed E-state index contributed by atoms with van der Waals surface area (Å²) in [7, 11) is 0. The van der Waals surface area contributed by atoms with Crippen molar-refractivity contribution < 1.29 is 4.92 Å². The fourth-order valence-corrected chi connectivity index (χ4v) is 1.39.